The van der Waals surface area contributed by atoms with Crippen LogP contribution >= 0.6 is 11.8 Å². The molecule has 2 amide bonds. The summed E-state index contributed by atoms with van der Waals surface area (Å²) < 4.78 is 0. The van der Waals surface area contributed by atoms with Crippen LogP contribution in [-0.2, 0) is 9.59 Å². The van der Waals surface area contributed by atoms with E-state index in [9.17, 15) is 19.5 Å². The van der Waals surface area contributed by atoms with E-state index in [1.165, 1.54) is 0 Å². The van der Waals surface area contributed by atoms with E-state index in [0.29, 0.717) is 24.5 Å². The number of Topliss-reactive ketones (excluding diaryl/α,β-unsaturated/α-hetero) is 1. The third-order valence-corrected chi connectivity index (χ3v) is 6.17. The molecule has 130 valence electrons. The number of aliphatic carboxylic acids is 1. The quantitative estimate of drug-likeness (QED) is 0.418. The maximum Gasteiger partial charge on any atom is 0.315 e. The molecule has 0 bridgehead atoms. The minimum absolute atomic E-state index is 0.0841. The summed E-state index contributed by atoms with van der Waals surface area (Å²) in [7, 11) is 0. The molecule has 2 aliphatic rings. The third kappa shape index (κ3) is 5.41. The lowest BCUT2D eigenvalue weighted by atomic mass is 9.93. The molecule has 2 heterocycles. The van der Waals surface area contributed by atoms with Crippen LogP contribution < -0.4 is 10.6 Å². The van der Waals surface area contributed by atoms with Gasteiger partial charge in [0.05, 0.1) is 18.0 Å². The van der Waals surface area contributed by atoms with Gasteiger partial charge in [0.2, 0.25) is 0 Å². The highest BCUT2D eigenvalue weighted by Crippen LogP contribution is 2.33. The van der Waals surface area contributed by atoms with Gasteiger partial charge in [0.25, 0.3) is 0 Å². The molecule has 4 atom stereocenters. The number of unbranched alkanes of at least 4 members (excludes halogenated alkanes) is 1. The Hall–Kier alpha value is -1.24. The highest BCUT2D eigenvalue weighted by molar-refractivity contribution is 8.00. The maximum absolute atomic E-state index is 11.3. The Balaban J connectivity index is 1.67. The second kappa shape index (κ2) is 8.57. The van der Waals surface area contributed by atoms with Crippen LogP contribution in [0.25, 0.3) is 0 Å². The van der Waals surface area contributed by atoms with Gasteiger partial charge in [-0.3, -0.25) is 4.79 Å². The first kappa shape index (κ1) is 18.1. The number of hydrogen-bond donors (Lipinski definition) is 3. The first-order chi connectivity index (χ1) is 11.0. The number of fused-ring (bicyclic) bond motifs is 1. The van der Waals surface area contributed by atoms with E-state index in [2.05, 4.69) is 10.6 Å². The summed E-state index contributed by atoms with van der Waals surface area (Å²) in [6.45, 7) is 1.57. The van der Waals surface area contributed by atoms with Crippen molar-refractivity contribution < 1.29 is 19.5 Å². The largest absolute Gasteiger partial charge is 0.481 e. The van der Waals surface area contributed by atoms with Gasteiger partial charge in [-0.05, 0) is 32.6 Å². The fraction of sp³-hybridized carbons (Fsp3) is 0.812. The highest BCUT2D eigenvalue weighted by Gasteiger charge is 2.42. The van der Waals surface area contributed by atoms with Gasteiger partial charge >= 0.3 is 12.0 Å². The molecule has 0 aromatic heterocycles. The number of carboxylic acid groups (broad SMARTS) is 1. The van der Waals surface area contributed by atoms with E-state index < -0.39 is 5.97 Å². The smallest absolute Gasteiger partial charge is 0.315 e. The van der Waals surface area contributed by atoms with Crippen molar-refractivity contribution >= 4 is 29.5 Å². The van der Waals surface area contributed by atoms with Crippen molar-refractivity contribution in [3.8, 4) is 0 Å². The van der Waals surface area contributed by atoms with Crippen molar-refractivity contribution in [2.24, 2.45) is 5.92 Å². The zero-order valence-corrected chi connectivity index (χ0v) is 14.4. The van der Waals surface area contributed by atoms with E-state index >= 15 is 0 Å². The zero-order chi connectivity index (χ0) is 16.8. The molecule has 7 heteroatoms. The lowest BCUT2D eigenvalue weighted by Gasteiger charge is -2.18. The average molecular weight is 342 g/mol. The number of urea groups is 1. The van der Waals surface area contributed by atoms with Gasteiger partial charge in [-0.25, -0.2) is 4.79 Å². The number of carbonyl (C=O) groups is 3. The molecular weight excluding hydrogens is 316 g/mol. The molecular formula is C16H26N2O4S. The van der Waals surface area contributed by atoms with Crippen LogP contribution in [0.3, 0.4) is 0 Å². The number of ketones is 1. The first-order valence-corrected chi connectivity index (χ1v) is 9.43. The molecule has 2 fully saturated rings. The summed E-state index contributed by atoms with van der Waals surface area (Å²) in [5, 5.41) is 15.6. The normalized spacial score (nSPS) is 27.2. The number of carboxylic acids is 1. The topological polar surface area (TPSA) is 95.5 Å². The molecule has 2 saturated heterocycles. The predicted octanol–water partition coefficient (Wildman–Crippen LogP) is 2.17. The molecule has 0 aromatic rings. The van der Waals surface area contributed by atoms with Gasteiger partial charge in [-0.15, -0.1) is 0 Å². The second-order valence-electron chi connectivity index (χ2n) is 6.54. The fourth-order valence-electron chi connectivity index (χ4n) is 3.36. The molecule has 2 aliphatic heterocycles. The SMILES string of the molecule is CC(=O)CCCCC(CCC[C@@H]1SC[C@@H]2NC(=O)N[C@@H]21)C(=O)O. The number of carbonyl (C=O) groups excluding carboxylic acids is 2. The molecule has 2 rings (SSSR count). The van der Waals surface area contributed by atoms with Gasteiger partial charge < -0.3 is 20.5 Å². The van der Waals surface area contributed by atoms with Crippen LogP contribution in [0.15, 0.2) is 0 Å². The minimum Gasteiger partial charge on any atom is -0.481 e. The van der Waals surface area contributed by atoms with Gasteiger partial charge in [0.15, 0.2) is 0 Å². The van der Waals surface area contributed by atoms with Gasteiger partial charge in [0.1, 0.15) is 5.78 Å². The number of rotatable bonds is 10. The van der Waals surface area contributed by atoms with Gasteiger partial charge in [-0.2, -0.15) is 11.8 Å². The molecule has 23 heavy (non-hydrogen) atoms. The standard InChI is InChI=1S/C16H26N2O4S/c1-10(19)5-2-3-6-11(15(20)21)7-4-8-13-14-12(9-23-13)17-16(22)18-14/h11-14H,2-9H2,1H3,(H,20,21)(H2,17,18,22)/t11?,12-,13-,14-/m0/s1. The third-order valence-electron chi connectivity index (χ3n) is 4.66. The molecule has 6 nitrogen and oxygen atoms in total. The van der Waals surface area contributed by atoms with Crippen molar-refractivity contribution in [1.82, 2.24) is 10.6 Å². The summed E-state index contributed by atoms with van der Waals surface area (Å²) in [5.74, 6) is 0.0413. The Labute approximate surface area is 141 Å². The number of hydrogen-bond acceptors (Lipinski definition) is 4. The summed E-state index contributed by atoms with van der Waals surface area (Å²) in [6, 6.07) is 0.324. The van der Waals surface area contributed by atoms with Crippen molar-refractivity contribution in [2.45, 2.75) is 69.2 Å². The van der Waals surface area contributed by atoms with Crippen LogP contribution in [-0.4, -0.2) is 46.0 Å². The van der Waals surface area contributed by atoms with E-state index in [-0.39, 0.29) is 29.8 Å². The Morgan fingerprint density at radius 3 is 2.70 bits per heavy atom. The number of amides is 2. The second-order valence-corrected chi connectivity index (χ2v) is 7.81. The van der Waals surface area contributed by atoms with Gasteiger partial charge in [0, 0.05) is 17.4 Å². The molecule has 0 aromatic carbocycles. The Morgan fingerprint density at radius 2 is 2.00 bits per heavy atom. The summed E-state index contributed by atoms with van der Waals surface area (Å²) in [6.07, 6.45) is 5.22. The molecule has 0 spiro atoms. The highest BCUT2D eigenvalue weighted by atomic mass is 32.2. The molecule has 0 radical (unpaired) electrons. The Kier molecular flexibility index (Phi) is 6.74. The van der Waals surface area contributed by atoms with Crippen LogP contribution in [0.2, 0.25) is 0 Å². The van der Waals surface area contributed by atoms with E-state index in [1.807, 2.05) is 11.8 Å². The monoisotopic (exact) mass is 342 g/mol. The van der Waals surface area contributed by atoms with Crippen molar-refractivity contribution in [1.29, 1.82) is 0 Å². The predicted molar refractivity (Wildman–Crippen MR) is 89.6 cm³/mol. The van der Waals surface area contributed by atoms with Crippen molar-refractivity contribution in [3.63, 3.8) is 0 Å². The van der Waals surface area contributed by atoms with Gasteiger partial charge in [-0.1, -0.05) is 12.8 Å². The van der Waals surface area contributed by atoms with Crippen molar-refractivity contribution in [2.75, 3.05) is 5.75 Å². The molecule has 3 N–H and O–H groups in total. The van der Waals surface area contributed by atoms with Crippen LogP contribution in [0, 0.1) is 5.92 Å². The molecule has 0 aliphatic carbocycles. The summed E-state index contributed by atoms with van der Waals surface area (Å²) in [5.41, 5.74) is 0. The first-order valence-electron chi connectivity index (χ1n) is 8.38. The van der Waals surface area contributed by atoms with Crippen molar-refractivity contribution in [3.05, 3.63) is 0 Å². The lowest BCUT2D eigenvalue weighted by molar-refractivity contribution is -0.142. The summed E-state index contributed by atoms with van der Waals surface area (Å²) >= 11 is 1.86. The van der Waals surface area contributed by atoms with E-state index in [0.717, 1.165) is 31.4 Å². The van der Waals surface area contributed by atoms with Crippen LogP contribution in [0.5, 0.6) is 0 Å². The lowest BCUT2D eigenvalue weighted by Crippen LogP contribution is -2.36. The Morgan fingerprint density at radius 1 is 1.26 bits per heavy atom. The molecule has 1 unspecified atom stereocenters. The zero-order valence-electron chi connectivity index (χ0n) is 13.5. The number of nitrogens with one attached hydrogen (secondary N) is 2. The molecule has 0 saturated carbocycles. The fourth-order valence-corrected chi connectivity index (χ4v) is 4.91. The van der Waals surface area contributed by atoms with E-state index in [1.54, 1.807) is 6.92 Å². The average Bonchev–Trinajstić information content (AvgIpc) is 3.00. The maximum atomic E-state index is 11.3. The Bertz CT molecular complexity index is 457. The van der Waals surface area contributed by atoms with Crippen LogP contribution in [0.1, 0.15) is 51.9 Å². The number of thioether (sulfide) groups is 1. The van der Waals surface area contributed by atoms with Crippen LogP contribution in [0.4, 0.5) is 4.79 Å². The summed E-state index contributed by atoms with van der Waals surface area (Å²) in [4.78, 5) is 33.6. The van der Waals surface area contributed by atoms with E-state index in [4.69, 9.17) is 0 Å². The minimum atomic E-state index is -0.736.